The Balaban J connectivity index is 0.737. The van der Waals surface area contributed by atoms with Crippen LogP contribution in [0.2, 0.25) is 5.02 Å². The number of hydrogen-bond donors (Lipinski definition) is 3. The summed E-state index contributed by atoms with van der Waals surface area (Å²) in [6.07, 6.45) is 5.87. The summed E-state index contributed by atoms with van der Waals surface area (Å²) < 4.78 is 15.1. The van der Waals surface area contributed by atoms with Gasteiger partial charge in [0.2, 0.25) is 5.91 Å². The molecule has 1 saturated carbocycles. The third kappa shape index (κ3) is 8.04. The second-order valence-electron chi connectivity index (χ2n) is 16.9. The van der Waals surface area contributed by atoms with Gasteiger partial charge in [0.05, 0.1) is 34.3 Å². The summed E-state index contributed by atoms with van der Waals surface area (Å²) in [5, 5.41) is 13.5. The molecule has 10 rings (SSSR count). The van der Waals surface area contributed by atoms with Gasteiger partial charge in [-0.3, -0.25) is 39.4 Å². The highest BCUT2D eigenvalue weighted by Gasteiger charge is 2.39. The predicted molar refractivity (Wildman–Crippen MR) is 236 cm³/mol. The molecule has 0 radical (unpaired) electrons. The van der Waals surface area contributed by atoms with E-state index in [1.54, 1.807) is 18.2 Å². The molecule has 326 valence electrons. The number of amides is 5. The van der Waals surface area contributed by atoms with Crippen LogP contribution in [0.4, 0.5) is 32.1 Å². The summed E-state index contributed by atoms with van der Waals surface area (Å²) in [5.41, 5.74) is 7.78. The van der Waals surface area contributed by atoms with Crippen LogP contribution in [0.15, 0.2) is 67.0 Å². The van der Waals surface area contributed by atoms with Gasteiger partial charge in [0.15, 0.2) is 17.2 Å². The number of nitrogens with zero attached hydrogens (tertiary/aromatic N) is 9. The lowest BCUT2D eigenvalue weighted by molar-refractivity contribution is -0.120. The molecule has 3 saturated heterocycles. The highest BCUT2D eigenvalue weighted by Crippen LogP contribution is 2.40. The Labute approximate surface area is 368 Å². The number of piperidine rings is 1. The number of nitrogens with one attached hydrogen (secondary N) is 3. The van der Waals surface area contributed by atoms with Crippen LogP contribution in [0.25, 0.3) is 16.9 Å². The third-order valence-electron chi connectivity index (χ3n) is 13.0. The number of imidazole rings is 1. The second kappa shape index (κ2) is 16.8. The fourth-order valence-electron chi connectivity index (χ4n) is 9.39. The van der Waals surface area contributed by atoms with Crippen LogP contribution in [0.3, 0.4) is 0 Å². The average Bonchev–Trinajstić information content (AvgIpc) is 3.61. The van der Waals surface area contributed by atoms with Gasteiger partial charge in [0.1, 0.15) is 6.17 Å². The van der Waals surface area contributed by atoms with E-state index in [0.29, 0.717) is 59.8 Å². The van der Waals surface area contributed by atoms with Crippen LogP contribution < -0.4 is 25.8 Å². The van der Waals surface area contributed by atoms with Gasteiger partial charge in [-0.05, 0) is 73.8 Å². The first-order chi connectivity index (χ1) is 30.6. The van der Waals surface area contributed by atoms with Gasteiger partial charge in [-0.15, -0.1) is 5.10 Å². The molecule has 3 aromatic heterocycles. The summed E-state index contributed by atoms with van der Waals surface area (Å²) >= 11 is 6.42. The quantitative estimate of drug-likeness (QED) is 0.175. The number of urea groups is 1. The zero-order chi connectivity index (χ0) is 43.4. The molecule has 2 atom stereocenters. The number of likely N-dealkylation sites (tertiary alicyclic amines) is 1. The number of fused-ring (bicyclic) bond motifs is 2. The Morgan fingerprint density at radius 2 is 1.68 bits per heavy atom. The standard InChI is InChI=1S/C45H48ClFN12O4/c1-48-36-23-40(53-59-39(25-50-42(36)59)43(61)51-35-22-33(35)47)57-15-11-31-30(3-2-4-37(31)57)34-8-5-27(24-49-34)26-54-13-9-29(10-14-54)55-17-19-56(20-18-55)44(62)28-6-7-32(46)38(21-28)58-16-12-41(60)52-45(58)63/h2-8,21,23-25,29,33,35,48H,9-20,22,26H2,1H3,(H,51,61)(H,52,60,63)/t33-,35+/m0/s1. The van der Waals surface area contributed by atoms with E-state index in [4.69, 9.17) is 21.7 Å². The molecule has 5 aromatic rings. The number of anilines is 4. The molecule has 4 aliphatic heterocycles. The summed E-state index contributed by atoms with van der Waals surface area (Å²) in [6.45, 7) is 6.55. The van der Waals surface area contributed by atoms with Crippen LogP contribution in [0, 0.1) is 0 Å². The maximum Gasteiger partial charge on any atom is 0.328 e. The van der Waals surface area contributed by atoms with Gasteiger partial charge >= 0.3 is 6.03 Å². The van der Waals surface area contributed by atoms with E-state index >= 15 is 0 Å². The lowest BCUT2D eigenvalue weighted by Crippen LogP contribution is -2.54. The van der Waals surface area contributed by atoms with Crippen molar-refractivity contribution in [2.24, 2.45) is 0 Å². The van der Waals surface area contributed by atoms with Gasteiger partial charge in [0, 0.05) is 101 Å². The fourth-order valence-corrected chi connectivity index (χ4v) is 9.61. The minimum Gasteiger partial charge on any atom is -0.385 e. The summed E-state index contributed by atoms with van der Waals surface area (Å²) in [6, 6.07) is 16.9. The van der Waals surface area contributed by atoms with E-state index in [9.17, 15) is 23.6 Å². The first-order valence-electron chi connectivity index (χ1n) is 21.6. The van der Waals surface area contributed by atoms with Crippen LogP contribution >= 0.6 is 11.6 Å². The van der Waals surface area contributed by atoms with E-state index < -0.39 is 24.2 Å². The van der Waals surface area contributed by atoms with Gasteiger partial charge in [0.25, 0.3) is 11.8 Å². The lowest BCUT2D eigenvalue weighted by Gasteiger charge is -2.42. The first kappa shape index (κ1) is 40.9. The number of carbonyl (C=O) groups excluding carboxylic acids is 4. The number of halogens is 2. The largest absolute Gasteiger partial charge is 0.385 e. The first-order valence-corrected chi connectivity index (χ1v) is 22.0. The molecular weight excluding hydrogens is 827 g/mol. The molecule has 18 heteroatoms. The van der Waals surface area contributed by atoms with Crippen molar-refractivity contribution < 1.29 is 23.6 Å². The van der Waals surface area contributed by atoms with Crippen molar-refractivity contribution >= 4 is 63.9 Å². The number of rotatable bonds is 10. The predicted octanol–water partition coefficient (Wildman–Crippen LogP) is 4.89. The van der Waals surface area contributed by atoms with Crippen LogP contribution in [0.5, 0.6) is 0 Å². The zero-order valence-corrected chi connectivity index (χ0v) is 35.7. The maximum atomic E-state index is 13.6. The molecule has 0 unspecified atom stereocenters. The molecule has 0 spiro atoms. The van der Waals surface area contributed by atoms with Crippen LogP contribution in [-0.4, -0.2) is 136 Å². The van der Waals surface area contributed by atoms with Crippen LogP contribution in [0.1, 0.15) is 57.7 Å². The van der Waals surface area contributed by atoms with Crippen LogP contribution in [-0.2, 0) is 17.8 Å². The smallest absolute Gasteiger partial charge is 0.328 e. The monoisotopic (exact) mass is 874 g/mol. The minimum absolute atomic E-state index is 0.0929. The lowest BCUT2D eigenvalue weighted by atomic mass is 10.0. The van der Waals surface area contributed by atoms with Crippen molar-refractivity contribution in [1.29, 1.82) is 0 Å². The number of hydrogen-bond acceptors (Lipinski definition) is 11. The molecule has 2 aromatic carbocycles. The van der Waals surface area contributed by atoms with Gasteiger partial charge in [-0.2, -0.15) is 0 Å². The van der Waals surface area contributed by atoms with E-state index in [1.807, 2.05) is 30.3 Å². The number of pyridine rings is 1. The highest BCUT2D eigenvalue weighted by atomic mass is 35.5. The Morgan fingerprint density at radius 3 is 2.41 bits per heavy atom. The van der Waals surface area contributed by atoms with Crippen molar-refractivity contribution in [1.82, 2.24) is 44.9 Å². The number of carbonyl (C=O) groups is 4. The number of aromatic nitrogens is 4. The van der Waals surface area contributed by atoms with Gasteiger partial charge in [-0.1, -0.05) is 29.8 Å². The summed E-state index contributed by atoms with van der Waals surface area (Å²) in [4.78, 5) is 70.5. The molecular formula is C45H48ClFN12O4. The number of benzene rings is 2. The van der Waals surface area contributed by atoms with Crippen molar-refractivity contribution in [3.8, 4) is 11.3 Å². The topological polar surface area (TPSA) is 164 Å². The fraction of sp³-hybridized carbons (Fsp3) is 0.400. The average molecular weight is 875 g/mol. The van der Waals surface area contributed by atoms with E-state index in [0.717, 1.165) is 74.6 Å². The Morgan fingerprint density at radius 1 is 0.889 bits per heavy atom. The Hall–Kier alpha value is -6.17. The summed E-state index contributed by atoms with van der Waals surface area (Å²) in [7, 11) is 1.81. The molecule has 7 heterocycles. The van der Waals surface area contributed by atoms with Crippen molar-refractivity contribution in [2.75, 3.05) is 74.5 Å². The van der Waals surface area contributed by atoms with Crippen molar-refractivity contribution in [2.45, 2.75) is 56.9 Å². The zero-order valence-electron chi connectivity index (χ0n) is 34.9. The van der Waals surface area contributed by atoms with Gasteiger partial charge < -0.3 is 20.4 Å². The van der Waals surface area contributed by atoms with E-state index in [1.165, 1.54) is 26.7 Å². The Bertz CT molecular complexity index is 2610. The maximum absolute atomic E-state index is 13.6. The van der Waals surface area contributed by atoms with E-state index in [-0.39, 0.29) is 30.5 Å². The SMILES string of the molecule is CNc1cc(N2CCc3c(-c4ccc(CN5CCC(N6CCN(C(=O)c7ccc(Cl)c(N8CCC(=O)NC8=O)c7)CC6)CC5)cn4)cccc32)nn2c(C(=O)N[C@@H]3C[C@@H]3F)cnc12. The minimum atomic E-state index is -1.01. The Kier molecular flexibility index (Phi) is 10.9. The normalized spacial score (nSPS) is 20.8. The molecule has 5 amide bonds. The van der Waals surface area contributed by atoms with E-state index in [2.05, 4.69) is 59.9 Å². The van der Waals surface area contributed by atoms with Crippen molar-refractivity contribution in [3.63, 3.8) is 0 Å². The molecule has 5 aliphatic rings. The number of imide groups is 1. The third-order valence-corrected chi connectivity index (χ3v) is 13.3. The molecule has 3 N–H and O–H groups in total. The molecule has 63 heavy (non-hydrogen) atoms. The summed E-state index contributed by atoms with van der Waals surface area (Å²) in [5.74, 6) is -0.146. The molecule has 1 aliphatic carbocycles. The molecule has 4 fully saturated rings. The molecule has 0 bridgehead atoms. The van der Waals surface area contributed by atoms with Gasteiger partial charge in [-0.25, -0.2) is 18.7 Å². The molecule has 16 nitrogen and oxygen atoms in total. The number of piperazine rings is 1. The number of alkyl halides is 1. The highest BCUT2D eigenvalue weighted by molar-refractivity contribution is 6.34. The second-order valence-corrected chi connectivity index (χ2v) is 17.3. The van der Waals surface area contributed by atoms with Crippen molar-refractivity contribution in [3.05, 3.63) is 94.4 Å².